The van der Waals surface area contributed by atoms with Crippen molar-refractivity contribution in [3.05, 3.63) is 87.6 Å². The Morgan fingerprint density at radius 2 is 1.89 bits per heavy atom. The zero-order valence-corrected chi connectivity index (χ0v) is 21.3. The van der Waals surface area contributed by atoms with Gasteiger partial charge in [-0.3, -0.25) is 9.59 Å². The number of carbonyl (C=O) groups is 2. The van der Waals surface area contributed by atoms with Crippen LogP contribution in [0.1, 0.15) is 47.1 Å². The molecule has 0 radical (unpaired) electrons. The van der Waals surface area contributed by atoms with Crippen LogP contribution in [-0.4, -0.2) is 47.9 Å². The first-order valence-electron chi connectivity index (χ1n) is 12.1. The molecular formula is C28H30F2N2O3S. The normalized spacial score (nSPS) is 15.0. The summed E-state index contributed by atoms with van der Waals surface area (Å²) in [5.74, 6) is -0.546. The fourth-order valence-corrected chi connectivity index (χ4v) is 5.23. The molecule has 0 N–H and O–H groups in total. The smallest absolute Gasteiger partial charge is 0.254 e. The van der Waals surface area contributed by atoms with Crippen LogP contribution in [0.25, 0.3) is 0 Å². The van der Waals surface area contributed by atoms with Gasteiger partial charge in [0.25, 0.3) is 5.91 Å². The number of halogens is 2. The van der Waals surface area contributed by atoms with Gasteiger partial charge in [-0.05, 0) is 72.2 Å². The van der Waals surface area contributed by atoms with Gasteiger partial charge < -0.3 is 14.5 Å². The first kappa shape index (κ1) is 25.8. The maximum absolute atomic E-state index is 13.6. The van der Waals surface area contributed by atoms with Crippen LogP contribution in [0.4, 0.5) is 8.78 Å². The molecule has 0 saturated carbocycles. The Morgan fingerprint density at radius 3 is 2.61 bits per heavy atom. The molecule has 0 bridgehead atoms. The number of rotatable bonds is 9. The van der Waals surface area contributed by atoms with Crippen molar-refractivity contribution in [2.24, 2.45) is 5.92 Å². The van der Waals surface area contributed by atoms with Crippen molar-refractivity contribution in [1.82, 2.24) is 9.80 Å². The summed E-state index contributed by atoms with van der Waals surface area (Å²) in [6, 6.07) is 13.0. The van der Waals surface area contributed by atoms with E-state index < -0.39 is 5.82 Å². The highest BCUT2D eigenvalue weighted by Gasteiger charge is 2.33. The van der Waals surface area contributed by atoms with E-state index >= 15 is 0 Å². The van der Waals surface area contributed by atoms with Crippen molar-refractivity contribution in [2.45, 2.75) is 32.7 Å². The molecule has 2 amide bonds. The number of nitrogens with zero attached hydrogens (tertiary/aromatic N) is 2. The average molecular weight is 513 g/mol. The van der Waals surface area contributed by atoms with E-state index in [9.17, 15) is 18.4 Å². The number of hydrogen-bond acceptors (Lipinski definition) is 4. The lowest BCUT2D eigenvalue weighted by Crippen LogP contribution is -2.48. The van der Waals surface area contributed by atoms with Crippen molar-refractivity contribution in [2.75, 3.05) is 26.2 Å². The van der Waals surface area contributed by atoms with Crippen molar-refractivity contribution in [1.29, 1.82) is 0 Å². The molecule has 0 spiro atoms. The number of thiophene rings is 1. The third kappa shape index (κ3) is 6.29. The topological polar surface area (TPSA) is 49.9 Å². The zero-order chi connectivity index (χ0) is 25.7. The highest BCUT2D eigenvalue weighted by molar-refractivity contribution is 7.10. The highest BCUT2D eigenvalue weighted by Crippen LogP contribution is 2.34. The van der Waals surface area contributed by atoms with Gasteiger partial charge in [0.15, 0.2) is 0 Å². The minimum absolute atomic E-state index is 0.0845. The number of fused-ring (bicyclic) bond motifs is 1. The molecule has 0 aliphatic carbocycles. The summed E-state index contributed by atoms with van der Waals surface area (Å²) in [7, 11) is 0. The van der Waals surface area contributed by atoms with Gasteiger partial charge in [-0.2, -0.15) is 0 Å². The van der Waals surface area contributed by atoms with Crippen LogP contribution in [0, 0.1) is 17.6 Å². The van der Waals surface area contributed by atoms with Crippen LogP contribution in [0.15, 0.2) is 60.0 Å². The summed E-state index contributed by atoms with van der Waals surface area (Å²) in [6.07, 6.45) is 1.47. The van der Waals surface area contributed by atoms with Crippen molar-refractivity contribution in [3.63, 3.8) is 0 Å². The third-order valence-electron chi connectivity index (χ3n) is 6.30. The Kier molecular flexibility index (Phi) is 8.36. The molecule has 8 heteroatoms. The standard InChI is InChI=1S/C28H30F2N2O3S/c1-19(2)10-13-31(28(34)20-6-8-21(29)9-7-20)17-27(33)32-14-11-26-24(12-15-36-26)25(32)18-35-23-5-3-4-22(30)16-23/h3-9,12,15-16,19,25H,10-11,13-14,17-18H2,1-2H3/t25-/m1/s1. The van der Waals surface area contributed by atoms with Gasteiger partial charge in [0, 0.05) is 29.6 Å². The predicted octanol–water partition coefficient (Wildman–Crippen LogP) is 5.72. The van der Waals surface area contributed by atoms with E-state index in [2.05, 4.69) is 13.8 Å². The van der Waals surface area contributed by atoms with Crippen LogP contribution < -0.4 is 4.74 Å². The summed E-state index contributed by atoms with van der Waals surface area (Å²) in [4.78, 5) is 31.4. The molecule has 4 rings (SSSR count). The summed E-state index contributed by atoms with van der Waals surface area (Å²) in [5.41, 5.74) is 1.37. The Balaban J connectivity index is 1.53. The van der Waals surface area contributed by atoms with E-state index in [-0.39, 0.29) is 36.8 Å². The molecular weight excluding hydrogens is 482 g/mol. The molecule has 5 nitrogen and oxygen atoms in total. The number of benzene rings is 2. The summed E-state index contributed by atoms with van der Waals surface area (Å²) in [6.45, 7) is 5.14. The molecule has 3 aromatic rings. The SMILES string of the molecule is CC(C)CCN(CC(=O)N1CCc2sccc2[C@H]1COc1cccc(F)c1)C(=O)c1ccc(F)cc1. The molecule has 1 atom stereocenters. The lowest BCUT2D eigenvalue weighted by atomic mass is 10.00. The Morgan fingerprint density at radius 1 is 1.11 bits per heavy atom. The van der Waals surface area contributed by atoms with E-state index in [0.717, 1.165) is 18.4 Å². The third-order valence-corrected chi connectivity index (χ3v) is 7.30. The van der Waals surface area contributed by atoms with Gasteiger partial charge >= 0.3 is 0 Å². The molecule has 1 aliphatic heterocycles. The predicted molar refractivity (Wildman–Crippen MR) is 136 cm³/mol. The van der Waals surface area contributed by atoms with Crippen molar-refractivity contribution >= 4 is 23.2 Å². The molecule has 0 fully saturated rings. The highest BCUT2D eigenvalue weighted by atomic mass is 32.1. The minimum atomic E-state index is -0.419. The fourth-order valence-electron chi connectivity index (χ4n) is 4.30. The number of amides is 2. The van der Waals surface area contributed by atoms with Crippen LogP contribution in [0.2, 0.25) is 0 Å². The molecule has 2 heterocycles. The molecule has 36 heavy (non-hydrogen) atoms. The van der Waals surface area contributed by atoms with Gasteiger partial charge in [-0.1, -0.05) is 19.9 Å². The minimum Gasteiger partial charge on any atom is -0.491 e. The molecule has 0 saturated heterocycles. The van der Waals surface area contributed by atoms with Crippen LogP contribution in [0.5, 0.6) is 5.75 Å². The second kappa shape index (κ2) is 11.6. The summed E-state index contributed by atoms with van der Waals surface area (Å²) < 4.78 is 32.9. The quantitative estimate of drug-likeness (QED) is 0.369. The monoisotopic (exact) mass is 512 g/mol. The van der Waals surface area contributed by atoms with Crippen LogP contribution in [-0.2, 0) is 11.2 Å². The lowest BCUT2D eigenvalue weighted by Gasteiger charge is -2.37. The van der Waals surface area contributed by atoms with Gasteiger partial charge in [-0.25, -0.2) is 8.78 Å². The second-order valence-electron chi connectivity index (χ2n) is 9.34. The van der Waals surface area contributed by atoms with Gasteiger partial charge in [-0.15, -0.1) is 11.3 Å². The fraction of sp³-hybridized carbons (Fsp3) is 0.357. The van der Waals surface area contributed by atoms with Crippen LogP contribution in [0.3, 0.4) is 0 Å². The van der Waals surface area contributed by atoms with E-state index in [1.807, 2.05) is 11.4 Å². The van der Waals surface area contributed by atoms with E-state index in [1.54, 1.807) is 33.3 Å². The second-order valence-corrected chi connectivity index (χ2v) is 10.3. The van der Waals surface area contributed by atoms with E-state index in [0.29, 0.717) is 30.3 Å². The van der Waals surface area contributed by atoms with Gasteiger partial charge in [0.1, 0.15) is 30.5 Å². The number of hydrogen-bond donors (Lipinski definition) is 0. The number of carbonyl (C=O) groups excluding carboxylic acids is 2. The molecule has 1 aromatic heterocycles. The average Bonchev–Trinajstić information content (AvgIpc) is 3.34. The Labute approximate surface area is 214 Å². The van der Waals surface area contributed by atoms with Gasteiger partial charge in [0.05, 0.1) is 6.04 Å². The summed E-state index contributed by atoms with van der Waals surface area (Å²) in [5, 5.41) is 2.00. The van der Waals surface area contributed by atoms with E-state index in [4.69, 9.17) is 4.74 Å². The molecule has 1 aliphatic rings. The van der Waals surface area contributed by atoms with E-state index in [1.165, 1.54) is 41.3 Å². The Hall–Kier alpha value is -3.26. The van der Waals surface area contributed by atoms with Crippen LogP contribution >= 0.6 is 11.3 Å². The van der Waals surface area contributed by atoms with Crippen molar-refractivity contribution < 1.29 is 23.1 Å². The molecule has 2 aromatic carbocycles. The molecule has 190 valence electrons. The Bertz CT molecular complexity index is 1200. The van der Waals surface area contributed by atoms with Gasteiger partial charge in [0.2, 0.25) is 5.91 Å². The maximum Gasteiger partial charge on any atom is 0.254 e. The first-order valence-corrected chi connectivity index (χ1v) is 13.0. The first-order chi connectivity index (χ1) is 17.3. The number of ether oxygens (including phenoxy) is 1. The zero-order valence-electron chi connectivity index (χ0n) is 20.5. The summed E-state index contributed by atoms with van der Waals surface area (Å²) >= 11 is 1.65. The lowest BCUT2D eigenvalue weighted by molar-refractivity contribution is -0.135. The maximum atomic E-state index is 13.6. The molecule has 0 unspecified atom stereocenters. The largest absolute Gasteiger partial charge is 0.491 e. The van der Waals surface area contributed by atoms with Crippen molar-refractivity contribution in [3.8, 4) is 5.75 Å².